The first-order chi connectivity index (χ1) is 9.20. The van der Waals surface area contributed by atoms with Crippen LogP contribution in [0.25, 0.3) is 0 Å². The van der Waals surface area contributed by atoms with Gasteiger partial charge in [0.15, 0.2) is 0 Å². The number of amides is 1. The minimum Gasteiger partial charge on any atom is -0.444 e. The van der Waals surface area contributed by atoms with Crippen molar-refractivity contribution in [3.8, 4) is 0 Å². The number of nitrogen functional groups attached to an aromatic ring is 1. The number of hydrogen-bond acceptors (Lipinski definition) is 6. The van der Waals surface area contributed by atoms with Crippen LogP contribution in [0, 0.1) is 0 Å². The standard InChI is InChI=1S/C13H19N3O4/c1-13(2,3)20-12(19)16-6-4-15(5-7-16)9-8(14)10(17)11(9)18/h4-7,14H2,1-3H3. The van der Waals surface area contributed by atoms with Crippen LogP contribution in [-0.2, 0) is 4.74 Å². The first kappa shape index (κ1) is 14.4. The summed E-state index contributed by atoms with van der Waals surface area (Å²) >= 11 is 0. The van der Waals surface area contributed by atoms with Gasteiger partial charge in [-0.15, -0.1) is 0 Å². The third-order valence-electron chi connectivity index (χ3n) is 3.17. The first-order valence-corrected chi connectivity index (χ1v) is 6.52. The van der Waals surface area contributed by atoms with Crippen molar-refractivity contribution in [2.24, 2.45) is 0 Å². The van der Waals surface area contributed by atoms with Crippen LogP contribution >= 0.6 is 0 Å². The lowest BCUT2D eigenvalue weighted by molar-refractivity contribution is 0.0240. The maximum Gasteiger partial charge on any atom is 0.410 e. The Labute approximate surface area is 116 Å². The lowest BCUT2D eigenvalue weighted by Gasteiger charge is -2.37. The Morgan fingerprint density at radius 2 is 1.65 bits per heavy atom. The summed E-state index contributed by atoms with van der Waals surface area (Å²) in [5.41, 5.74) is 4.17. The first-order valence-electron chi connectivity index (χ1n) is 6.52. The summed E-state index contributed by atoms with van der Waals surface area (Å²) in [5, 5.41) is 0. The van der Waals surface area contributed by atoms with Crippen molar-refractivity contribution < 1.29 is 9.53 Å². The number of nitrogens with two attached hydrogens (primary N) is 1. The van der Waals surface area contributed by atoms with Gasteiger partial charge in [-0.3, -0.25) is 9.59 Å². The molecule has 0 aromatic heterocycles. The highest BCUT2D eigenvalue weighted by molar-refractivity contribution is 5.73. The van der Waals surface area contributed by atoms with Gasteiger partial charge >= 0.3 is 6.09 Å². The lowest BCUT2D eigenvalue weighted by Crippen LogP contribution is -2.53. The molecule has 7 heteroatoms. The van der Waals surface area contributed by atoms with Crippen LogP contribution in [0.3, 0.4) is 0 Å². The molecule has 1 amide bonds. The normalized spacial score (nSPS) is 16.6. The smallest absolute Gasteiger partial charge is 0.410 e. The van der Waals surface area contributed by atoms with Gasteiger partial charge in [0.2, 0.25) is 0 Å². The van der Waals surface area contributed by atoms with E-state index in [4.69, 9.17) is 10.5 Å². The number of carbonyl (C=O) groups excluding carboxylic acids is 1. The lowest BCUT2D eigenvalue weighted by atomic mass is 10.1. The summed E-state index contributed by atoms with van der Waals surface area (Å²) in [7, 11) is 0. The molecule has 0 radical (unpaired) electrons. The largest absolute Gasteiger partial charge is 0.444 e. The molecule has 1 fully saturated rings. The number of hydrogen-bond donors (Lipinski definition) is 1. The molecule has 1 aromatic carbocycles. The second-order valence-corrected chi connectivity index (χ2v) is 5.87. The summed E-state index contributed by atoms with van der Waals surface area (Å²) in [5.74, 6) is 0. The molecule has 1 aliphatic heterocycles. The number of anilines is 2. The summed E-state index contributed by atoms with van der Waals surface area (Å²) in [4.78, 5) is 37.8. The molecule has 0 bridgehead atoms. The highest BCUT2D eigenvalue weighted by Gasteiger charge is 2.30. The molecule has 0 aliphatic carbocycles. The van der Waals surface area contributed by atoms with E-state index in [1.807, 2.05) is 20.8 Å². The minimum atomic E-state index is -0.616. The van der Waals surface area contributed by atoms with Crippen LogP contribution in [-0.4, -0.2) is 42.8 Å². The van der Waals surface area contributed by atoms with Gasteiger partial charge in [0, 0.05) is 26.2 Å². The molecular formula is C13H19N3O4. The number of ether oxygens (including phenoxy) is 1. The summed E-state index contributed by atoms with van der Waals surface area (Å²) in [6, 6.07) is 0. The fraction of sp³-hybridized carbons (Fsp3) is 0.615. The van der Waals surface area contributed by atoms with Crippen molar-refractivity contribution in [2.75, 3.05) is 36.8 Å². The van der Waals surface area contributed by atoms with Crippen LogP contribution in [0.15, 0.2) is 9.59 Å². The molecule has 7 nitrogen and oxygen atoms in total. The third kappa shape index (κ3) is 2.61. The van der Waals surface area contributed by atoms with E-state index in [1.54, 1.807) is 9.80 Å². The van der Waals surface area contributed by atoms with Gasteiger partial charge in [0.25, 0.3) is 10.9 Å². The average Bonchev–Trinajstić information content (AvgIpc) is 2.37. The second kappa shape index (κ2) is 4.81. The van der Waals surface area contributed by atoms with E-state index in [0.717, 1.165) is 0 Å². The molecule has 2 rings (SSSR count). The molecule has 1 aromatic rings. The van der Waals surface area contributed by atoms with Gasteiger partial charge in [-0.1, -0.05) is 0 Å². The number of piperazine rings is 1. The molecule has 110 valence electrons. The zero-order valence-electron chi connectivity index (χ0n) is 11.9. The Morgan fingerprint density at radius 1 is 1.10 bits per heavy atom. The Balaban J connectivity index is 1.95. The van der Waals surface area contributed by atoms with Gasteiger partial charge in [-0.25, -0.2) is 4.79 Å². The number of rotatable bonds is 1. The fourth-order valence-electron chi connectivity index (χ4n) is 2.15. The van der Waals surface area contributed by atoms with Gasteiger partial charge in [0.1, 0.15) is 17.0 Å². The summed E-state index contributed by atoms with van der Waals surface area (Å²) in [6.45, 7) is 7.24. The van der Waals surface area contributed by atoms with E-state index in [-0.39, 0.29) is 11.8 Å². The zero-order valence-corrected chi connectivity index (χ0v) is 11.9. The van der Waals surface area contributed by atoms with Crippen LogP contribution in [0.4, 0.5) is 16.2 Å². The van der Waals surface area contributed by atoms with Crippen molar-refractivity contribution in [1.29, 1.82) is 0 Å². The molecule has 20 heavy (non-hydrogen) atoms. The Morgan fingerprint density at radius 3 is 2.10 bits per heavy atom. The van der Waals surface area contributed by atoms with E-state index < -0.39 is 16.5 Å². The Hall–Kier alpha value is -2.05. The van der Waals surface area contributed by atoms with Crippen LogP contribution in [0.2, 0.25) is 0 Å². The Bertz CT molecular complexity index is 587. The molecule has 0 spiro atoms. The topological polar surface area (TPSA) is 92.9 Å². The minimum absolute atomic E-state index is 0.0284. The van der Waals surface area contributed by atoms with E-state index in [9.17, 15) is 14.4 Å². The SMILES string of the molecule is CC(C)(C)OC(=O)N1CCN(c2c(N)c(=O)c2=O)CC1. The molecule has 1 heterocycles. The van der Waals surface area contributed by atoms with E-state index >= 15 is 0 Å². The van der Waals surface area contributed by atoms with Crippen LogP contribution in [0.5, 0.6) is 0 Å². The molecule has 0 unspecified atom stereocenters. The van der Waals surface area contributed by atoms with E-state index in [1.165, 1.54) is 0 Å². The van der Waals surface area contributed by atoms with Crippen molar-refractivity contribution in [3.63, 3.8) is 0 Å². The highest BCUT2D eigenvalue weighted by atomic mass is 16.6. The van der Waals surface area contributed by atoms with Crippen molar-refractivity contribution in [1.82, 2.24) is 4.90 Å². The summed E-state index contributed by atoms with van der Waals surface area (Å²) in [6.07, 6.45) is -0.366. The van der Waals surface area contributed by atoms with Crippen molar-refractivity contribution in [2.45, 2.75) is 26.4 Å². The molecule has 1 aliphatic rings. The maximum absolute atomic E-state index is 11.9. The molecule has 1 saturated heterocycles. The van der Waals surface area contributed by atoms with Crippen molar-refractivity contribution >= 4 is 17.5 Å². The fourth-order valence-corrected chi connectivity index (χ4v) is 2.15. The van der Waals surface area contributed by atoms with E-state index in [2.05, 4.69) is 0 Å². The van der Waals surface area contributed by atoms with Crippen LogP contribution in [0.1, 0.15) is 20.8 Å². The number of nitrogens with zero attached hydrogens (tertiary/aromatic N) is 2. The molecule has 2 N–H and O–H groups in total. The molecule has 0 saturated carbocycles. The highest BCUT2D eigenvalue weighted by Crippen LogP contribution is 2.19. The van der Waals surface area contributed by atoms with Crippen molar-refractivity contribution in [3.05, 3.63) is 20.4 Å². The van der Waals surface area contributed by atoms with Gasteiger partial charge in [0.05, 0.1) is 0 Å². The molecular weight excluding hydrogens is 262 g/mol. The van der Waals surface area contributed by atoms with Gasteiger partial charge in [-0.05, 0) is 20.8 Å². The zero-order chi connectivity index (χ0) is 15.1. The predicted molar refractivity (Wildman–Crippen MR) is 75.8 cm³/mol. The predicted octanol–water partition coefficient (Wildman–Crippen LogP) is -0.0781. The number of carbonyl (C=O) groups is 1. The average molecular weight is 281 g/mol. The quantitative estimate of drug-likeness (QED) is 0.724. The van der Waals surface area contributed by atoms with Gasteiger partial charge in [-0.2, -0.15) is 0 Å². The third-order valence-corrected chi connectivity index (χ3v) is 3.17. The molecule has 0 atom stereocenters. The Kier molecular flexibility index (Phi) is 3.45. The van der Waals surface area contributed by atoms with E-state index in [0.29, 0.717) is 31.9 Å². The summed E-state index contributed by atoms with van der Waals surface area (Å²) < 4.78 is 5.28. The monoisotopic (exact) mass is 281 g/mol. The maximum atomic E-state index is 11.9. The second-order valence-electron chi connectivity index (χ2n) is 5.87. The van der Waals surface area contributed by atoms with Gasteiger partial charge < -0.3 is 20.3 Å². The van der Waals surface area contributed by atoms with Crippen LogP contribution < -0.4 is 21.5 Å².